The molecule has 1 fully saturated rings. The molecule has 2 aromatic carbocycles. The van der Waals surface area contributed by atoms with Gasteiger partial charge in [0, 0.05) is 30.8 Å². The van der Waals surface area contributed by atoms with Gasteiger partial charge in [0.05, 0.1) is 17.7 Å². The van der Waals surface area contributed by atoms with E-state index in [1.165, 1.54) is 5.56 Å². The minimum atomic E-state index is -0.398. The minimum absolute atomic E-state index is 0.00793. The molecule has 4 heterocycles. The summed E-state index contributed by atoms with van der Waals surface area (Å²) in [5.41, 5.74) is 3.48. The molecule has 174 valence electrons. The van der Waals surface area contributed by atoms with Crippen LogP contribution in [0.15, 0.2) is 53.3 Å². The first-order chi connectivity index (χ1) is 16.6. The lowest BCUT2D eigenvalue weighted by atomic mass is 10.00. The van der Waals surface area contributed by atoms with Crippen molar-refractivity contribution in [2.45, 2.75) is 25.0 Å². The van der Waals surface area contributed by atoms with Crippen LogP contribution in [0, 0.1) is 0 Å². The molecule has 0 unspecified atom stereocenters. The highest BCUT2D eigenvalue weighted by atomic mass is 16.6. The third-order valence-corrected chi connectivity index (χ3v) is 6.70. The van der Waals surface area contributed by atoms with Gasteiger partial charge in [0.2, 0.25) is 0 Å². The van der Waals surface area contributed by atoms with Crippen LogP contribution in [0.25, 0.3) is 10.9 Å². The van der Waals surface area contributed by atoms with Crippen LogP contribution in [0.2, 0.25) is 0 Å². The van der Waals surface area contributed by atoms with E-state index in [0.29, 0.717) is 43.2 Å². The Hall–Kier alpha value is -3.85. The molecule has 0 bridgehead atoms. The monoisotopic (exact) mass is 460 g/mol. The molecule has 2 N–H and O–H groups in total. The Balaban J connectivity index is 1.05. The second kappa shape index (κ2) is 8.18. The molecular weight excluding hydrogens is 436 g/mol. The lowest BCUT2D eigenvalue weighted by Crippen LogP contribution is -2.29. The van der Waals surface area contributed by atoms with Crippen molar-refractivity contribution in [3.63, 3.8) is 0 Å². The number of nitrogens with zero attached hydrogens (tertiary/aromatic N) is 2. The lowest BCUT2D eigenvalue weighted by Gasteiger charge is -2.20. The van der Waals surface area contributed by atoms with Crippen molar-refractivity contribution in [3.8, 4) is 5.75 Å². The fourth-order valence-electron chi connectivity index (χ4n) is 5.05. The van der Waals surface area contributed by atoms with Gasteiger partial charge in [0.25, 0.3) is 11.5 Å². The number of carbonyl (C=O) groups excluding carboxylic acids is 2. The van der Waals surface area contributed by atoms with Crippen molar-refractivity contribution in [2.75, 3.05) is 36.5 Å². The Bertz CT molecular complexity index is 1370. The second-order valence-electron chi connectivity index (χ2n) is 8.89. The summed E-state index contributed by atoms with van der Waals surface area (Å²) in [6, 6.07) is 15.0. The zero-order valence-corrected chi connectivity index (χ0v) is 18.5. The first kappa shape index (κ1) is 20.7. The molecule has 0 aliphatic carbocycles. The third kappa shape index (κ3) is 3.58. The Morgan fingerprint density at radius 3 is 2.88 bits per heavy atom. The van der Waals surface area contributed by atoms with Gasteiger partial charge in [0.15, 0.2) is 6.61 Å². The molecule has 1 aromatic heterocycles. The molecule has 1 saturated heterocycles. The molecule has 3 aliphatic heterocycles. The number of anilines is 2. The van der Waals surface area contributed by atoms with Crippen LogP contribution in [0.3, 0.4) is 0 Å². The van der Waals surface area contributed by atoms with Gasteiger partial charge in [0.1, 0.15) is 11.9 Å². The first-order valence-corrected chi connectivity index (χ1v) is 11.4. The summed E-state index contributed by atoms with van der Waals surface area (Å²) in [6.07, 6.45) is 0.0515. The molecule has 34 heavy (non-hydrogen) atoms. The highest BCUT2D eigenvalue weighted by Gasteiger charge is 2.33. The smallest absolute Gasteiger partial charge is 0.414 e. The van der Waals surface area contributed by atoms with Gasteiger partial charge >= 0.3 is 6.09 Å². The largest absolute Gasteiger partial charge is 0.482 e. The number of carbonyl (C=O) groups is 2. The zero-order valence-electron chi connectivity index (χ0n) is 18.5. The van der Waals surface area contributed by atoms with Gasteiger partial charge in [-0.1, -0.05) is 18.2 Å². The van der Waals surface area contributed by atoms with Crippen LogP contribution in [-0.2, 0) is 16.1 Å². The van der Waals surface area contributed by atoms with Gasteiger partial charge in [-0.2, -0.15) is 0 Å². The molecule has 0 radical (unpaired) electrons. The number of hydrogen-bond acceptors (Lipinski definition) is 6. The molecule has 3 aliphatic rings. The van der Waals surface area contributed by atoms with Crippen molar-refractivity contribution in [2.24, 2.45) is 0 Å². The number of ether oxygens (including phenoxy) is 2. The topological polar surface area (TPSA) is 102 Å². The third-order valence-electron chi connectivity index (χ3n) is 6.70. The van der Waals surface area contributed by atoms with Gasteiger partial charge in [-0.15, -0.1) is 0 Å². The summed E-state index contributed by atoms with van der Waals surface area (Å²) in [4.78, 5) is 37.9. The molecule has 2 atom stereocenters. The number of cyclic esters (lactones) is 1. The number of para-hydroxylation sites is 1. The van der Waals surface area contributed by atoms with E-state index in [9.17, 15) is 14.4 Å². The van der Waals surface area contributed by atoms with Gasteiger partial charge in [-0.3, -0.25) is 14.5 Å². The number of hydrogen-bond donors (Lipinski definition) is 2. The Morgan fingerprint density at radius 1 is 1.06 bits per heavy atom. The highest BCUT2D eigenvalue weighted by Crippen LogP contribution is 2.34. The van der Waals surface area contributed by atoms with Gasteiger partial charge in [-0.25, -0.2) is 4.79 Å². The zero-order chi connectivity index (χ0) is 23.2. The van der Waals surface area contributed by atoms with Gasteiger partial charge in [-0.05, 0) is 48.2 Å². The number of rotatable bonds is 6. The number of amides is 2. The standard InChI is InChI=1S/C25H24N4O5/c30-22-14-33-21-6-5-17(10-20(21)27-22)28-13-18(34-25(28)32)8-9-26-11-16-12-29-23(31)7-4-15-2-1-3-19(16)24(15)29/h1-7,10,16,18,26H,8-9,11-14H2,(H,27,30)/t16-,18+/m1/s1. The molecule has 2 amide bonds. The van der Waals surface area contributed by atoms with Crippen LogP contribution in [-0.4, -0.2) is 48.9 Å². The molecule has 0 saturated carbocycles. The van der Waals surface area contributed by atoms with Crippen LogP contribution in [0.4, 0.5) is 16.2 Å². The highest BCUT2D eigenvalue weighted by molar-refractivity contribution is 5.97. The molecular formula is C25H24N4O5. The molecule has 9 nitrogen and oxygen atoms in total. The van der Waals surface area contributed by atoms with Crippen molar-refractivity contribution in [1.82, 2.24) is 9.88 Å². The summed E-state index contributed by atoms with van der Waals surface area (Å²) in [5.74, 6) is 0.599. The summed E-state index contributed by atoms with van der Waals surface area (Å²) < 4.78 is 12.8. The number of pyridine rings is 1. The van der Waals surface area contributed by atoms with Crippen molar-refractivity contribution >= 4 is 34.3 Å². The SMILES string of the molecule is O=C1COc2ccc(N3C[C@H](CCNC[C@@H]4Cn5c(=O)ccc6cccc4c65)OC3=O)cc2N1. The van der Waals surface area contributed by atoms with Crippen LogP contribution in [0.5, 0.6) is 5.75 Å². The Labute approximate surface area is 195 Å². The predicted molar refractivity (Wildman–Crippen MR) is 127 cm³/mol. The van der Waals surface area contributed by atoms with Crippen LogP contribution in [0.1, 0.15) is 17.9 Å². The average Bonchev–Trinajstić information content (AvgIpc) is 3.40. The van der Waals surface area contributed by atoms with E-state index in [1.807, 2.05) is 22.8 Å². The Morgan fingerprint density at radius 2 is 1.97 bits per heavy atom. The molecule has 3 aromatic rings. The fourth-order valence-corrected chi connectivity index (χ4v) is 5.05. The van der Waals surface area contributed by atoms with Gasteiger partial charge < -0.3 is 24.7 Å². The molecule has 0 spiro atoms. The maximum absolute atomic E-state index is 12.5. The predicted octanol–water partition coefficient (Wildman–Crippen LogP) is 2.43. The average molecular weight is 460 g/mol. The summed E-state index contributed by atoms with van der Waals surface area (Å²) in [5, 5.41) is 7.33. The number of benzene rings is 2. The molecule has 9 heteroatoms. The normalized spacial score (nSPS) is 20.8. The van der Waals surface area contributed by atoms with E-state index in [2.05, 4.69) is 16.7 Å². The van der Waals surface area contributed by atoms with Crippen molar-refractivity contribution in [1.29, 1.82) is 0 Å². The maximum atomic E-state index is 12.5. The molecule has 6 rings (SSSR count). The minimum Gasteiger partial charge on any atom is -0.482 e. The Kier molecular flexibility index (Phi) is 4.99. The van der Waals surface area contributed by atoms with E-state index in [1.54, 1.807) is 29.2 Å². The van der Waals surface area contributed by atoms with E-state index >= 15 is 0 Å². The van der Waals surface area contributed by atoms with Crippen LogP contribution >= 0.6 is 0 Å². The summed E-state index contributed by atoms with van der Waals surface area (Å²) in [7, 11) is 0. The first-order valence-electron chi connectivity index (χ1n) is 11.4. The van der Waals surface area contributed by atoms with E-state index in [0.717, 1.165) is 17.4 Å². The number of nitrogens with one attached hydrogen (secondary N) is 2. The van der Waals surface area contributed by atoms with Crippen LogP contribution < -0.4 is 25.8 Å². The van der Waals surface area contributed by atoms with Crippen molar-refractivity contribution < 1.29 is 19.1 Å². The number of fused-ring (bicyclic) bond motifs is 1. The fraction of sp³-hybridized carbons (Fsp3) is 0.320. The summed E-state index contributed by atoms with van der Waals surface area (Å²) in [6.45, 7) is 2.55. The maximum Gasteiger partial charge on any atom is 0.414 e. The number of aromatic nitrogens is 1. The summed E-state index contributed by atoms with van der Waals surface area (Å²) >= 11 is 0. The van der Waals surface area contributed by atoms with E-state index in [4.69, 9.17) is 9.47 Å². The second-order valence-corrected chi connectivity index (χ2v) is 8.89. The van der Waals surface area contributed by atoms with Crippen molar-refractivity contribution in [3.05, 3.63) is 64.4 Å². The van der Waals surface area contributed by atoms with E-state index < -0.39 is 6.09 Å². The lowest BCUT2D eigenvalue weighted by molar-refractivity contribution is -0.118. The quantitative estimate of drug-likeness (QED) is 0.548. The van der Waals surface area contributed by atoms with E-state index in [-0.39, 0.29) is 30.1 Å².